The Morgan fingerprint density at radius 3 is 2.45 bits per heavy atom. The van der Waals surface area contributed by atoms with Crippen LogP contribution in [0.4, 0.5) is 0 Å². The van der Waals surface area contributed by atoms with Crippen molar-refractivity contribution in [3.05, 3.63) is 29.8 Å². The molecule has 0 fully saturated rings. The molecule has 1 rings (SSSR count). The second-order valence-corrected chi connectivity index (χ2v) is 5.02. The van der Waals surface area contributed by atoms with Gasteiger partial charge >= 0.3 is 0 Å². The van der Waals surface area contributed by atoms with Crippen molar-refractivity contribution in [2.75, 3.05) is 20.2 Å². The molecule has 0 saturated heterocycles. The first-order valence-electron chi connectivity index (χ1n) is 7.50. The van der Waals surface area contributed by atoms with Crippen LogP contribution in [0.5, 0.6) is 5.75 Å². The van der Waals surface area contributed by atoms with Crippen LogP contribution in [-0.4, -0.2) is 32.0 Å². The molecule has 4 N–H and O–H groups in total. The first kappa shape index (κ1) is 18.0. The number of hydrogen-bond acceptors (Lipinski definition) is 4. The van der Waals surface area contributed by atoms with E-state index in [1.54, 1.807) is 7.11 Å². The average molecular weight is 307 g/mol. The van der Waals surface area contributed by atoms with E-state index in [9.17, 15) is 9.59 Å². The number of unbranched alkanes of at least 4 members (excludes halogenated alkanes) is 1. The summed E-state index contributed by atoms with van der Waals surface area (Å²) in [7, 11) is 1.62. The smallest absolute Gasteiger partial charge is 0.239 e. The van der Waals surface area contributed by atoms with Crippen molar-refractivity contribution in [2.45, 2.75) is 32.2 Å². The quantitative estimate of drug-likeness (QED) is 0.637. The van der Waals surface area contributed by atoms with Gasteiger partial charge in [0.05, 0.1) is 26.2 Å². The molecule has 0 radical (unpaired) electrons. The zero-order valence-electron chi connectivity index (χ0n) is 13.2. The highest BCUT2D eigenvalue weighted by atomic mass is 16.5. The van der Waals surface area contributed by atoms with E-state index in [1.807, 2.05) is 24.3 Å². The number of ether oxygens (including phenoxy) is 1. The lowest BCUT2D eigenvalue weighted by Crippen LogP contribution is -2.40. The summed E-state index contributed by atoms with van der Waals surface area (Å²) in [5, 5.41) is 5.42. The first-order chi connectivity index (χ1) is 10.6. The van der Waals surface area contributed by atoms with Gasteiger partial charge in [0.15, 0.2) is 0 Å². The molecule has 22 heavy (non-hydrogen) atoms. The summed E-state index contributed by atoms with van der Waals surface area (Å²) in [6.07, 6.45) is 2.90. The van der Waals surface area contributed by atoms with Crippen LogP contribution in [0.3, 0.4) is 0 Å². The van der Waals surface area contributed by atoms with E-state index in [-0.39, 0.29) is 30.9 Å². The first-order valence-corrected chi connectivity index (χ1v) is 7.50. The Morgan fingerprint density at radius 2 is 1.91 bits per heavy atom. The van der Waals surface area contributed by atoms with Crippen LogP contribution in [-0.2, 0) is 9.59 Å². The van der Waals surface area contributed by atoms with Crippen LogP contribution in [0.15, 0.2) is 24.3 Å². The van der Waals surface area contributed by atoms with Gasteiger partial charge in [0.1, 0.15) is 5.75 Å². The fourth-order valence-electron chi connectivity index (χ4n) is 2.06. The number of methoxy groups -OCH3 is 1. The molecule has 2 amide bonds. The number of hydrogen-bond donors (Lipinski definition) is 3. The van der Waals surface area contributed by atoms with E-state index in [4.69, 9.17) is 10.5 Å². The van der Waals surface area contributed by atoms with Gasteiger partial charge in [0, 0.05) is 0 Å². The zero-order chi connectivity index (χ0) is 16.4. The highest BCUT2D eigenvalue weighted by Gasteiger charge is 2.14. The molecule has 0 saturated carbocycles. The molecule has 1 aromatic carbocycles. The average Bonchev–Trinajstić information content (AvgIpc) is 2.56. The number of amides is 2. The Balaban J connectivity index is 2.66. The van der Waals surface area contributed by atoms with E-state index in [2.05, 4.69) is 17.6 Å². The molecule has 0 aliphatic carbocycles. The lowest BCUT2D eigenvalue weighted by atomic mass is 10.0. The number of nitrogens with one attached hydrogen (secondary N) is 2. The molecule has 0 aliphatic heterocycles. The van der Waals surface area contributed by atoms with Crippen molar-refractivity contribution >= 4 is 11.8 Å². The molecule has 0 aromatic heterocycles. The molecule has 6 nitrogen and oxygen atoms in total. The molecule has 6 heteroatoms. The van der Waals surface area contributed by atoms with Crippen molar-refractivity contribution in [3.8, 4) is 5.75 Å². The van der Waals surface area contributed by atoms with Crippen LogP contribution in [0.2, 0.25) is 0 Å². The second kappa shape index (κ2) is 9.78. The van der Waals surface area contributed by atoms with Crippen molar-refractivity contribution in [1.82, 2.24) is 10.6 Å². The Labute approximate surface area is 131 Å². The maximum atomic E-state index is 11.9. The van der Waals surface area contributed by atoms with Crippen molar-refractivity contribution in [1.29, 1.82) is 0 Å². The van der Waals surface area contributed by atoms with Gasteiger partial charge in [-0.25, -0.2) is 0 Å². The van der Waals surface area contributed by atoms with Gasteiger partial charge in [-0.05, 0) is 24.1 Å². The maximum Gasteiger partial charge on any atom is 0.239 e. The largest absolute Gasteiger partial charge is 0.497 e. The Kier molecular flexibility index (Phi) is 7.99. The predicted molar refractivity (Wildman–Crippen MR) is 85.5 cm³/mol. The third-order valence-corrected chi connectivity index (χ3v) is 3.33. The van der Waals surface area contributed by atoms with Gasteiger partial charge < -0.3 is 21.1 Å². The summed E-state index contributed by atoms with van der Waals surface area (Å²) in [5.41, 5.74) is 6.21. The highest BCUT2D eigenvalue weighted by Crippen LogP contribution is 2.22. The monoisotopic (exact) mass is 307 g/mol. The molecule has 0 spiro atoms. The van der Waals surface area contributed by atoms with Gasteiger partial charge in [-0.3, -0.25) is 9.59 Å². The van der Waals surface area contributed by atoms with E-state index in [0.29, 0.717) is 0 Å². The van der Waals surface area contributed by atoms with E-state index in [1.165, 1.54) is 0 Å². The van der Waals surface area contributed by atoms with Gasteiger partial charge in [-0.1, -0.05) is 31.9 Å². The van der Waals surface area contributed by atoms with Gasteiger partial charge in [-0.15, -0.1) is 0 Å². The topological polar surface area (TPSA) is 93.5 Å². The molecule has 0 aliphatic rings. The van der Waals surface area contributed by atoms with E-state index >= 15 is 0 Å². The van der Waals surface area contributed by atoms with Crippen LogP contribution in [0, 0.1) is 0 Å². The number of carbonyl (C=O) groups is 2. The highest BCUT2D eigenvalue weighted by molar-refractivity contribution is 5.85. The second-order valence-electron chi connectivity index (χ2n) is 5.02. The van der Waals surface area contributed by atoms with E-state index in [0.717, 1.165) is 30.6 Å². The number of carbonyl (C=O) groups excluding carboxylic acids is 2. The summed E-state index contributed by atoms with van der Waals surface area (Å²) in [4.78, 5) is 23.0. The van der Waals surface area contributed by atoms with Crippen LogP contribution in [0.1, 0.15) is 37.8 Å². The summed E-state index contributed by atoms with van der Waals surface area (Å²) >= 11 is 0. The molecule has 0 heterocycles. The lowest BCUT2D eigenvalue weighted by molar-refractivity contribution is -0.125. The standard InChI is InChI=1S/C16H25N3O3/c1-3-4-5-14(12-6-8-13(22-2)9-7-12)19-16(21)11-18-15(20)10-17/h6-9,14H,3-5,10-11,17H2,1-2H3,(H,18,20)(H,19,21). The molecule has 1 atom stereocenters. The molecular formula is C16H25N3O3. The minimum atomic E-state index is -0.343. The van der Waals surface area contributed by atoms with Gasteiger partial charge in [-0.2, -0.15) is 0 Å². The number of benzene rings is 1. The Hall–Kier alpha value is -2.08. The molecule has 1 unspecified atom stereocenters. The SMILES string of the molecule is CCCCC(NC(=O)CNC(=O)CN)c1ccc(OC)cc1. The third-order valence-electron chi connectivity index (χ3n) is 3.33. The normalized spacial score (nSPS) is 11.6. The van der Waals surface area contributed by atoms with Gasteiger partial charge in [0.25, 0.3) is 0 Å². The summed E-state index contributed by atoms with van der Waals surface area (Å²) in [5.74, 6) is 0.211. The molecular weight excluding hydrogens is 282 g/mol. The summed E-state index contributed by atoms with van der Waals surface area (Å²) in [6, 6.07) is 7.55. The third kappa shape index (κ3) is 6.13. The fourth-order valence-corrected chi connectivity index (χ4v) is 2.06. The zero-order valence-corrected chi connectivity index (χ0v) is 13.2. The van der Waals surface area contributed by atoms with Crippen LogP contribution >= 0.6 is 0 Å². The lowest BCUT2D eigenvalue weighted by Gasteiger charge is -2.19. The molecule has 1 aromatic rings. The maximum absolute atomic E-state index is 11.9. The molecule has 0 bridgehead atoms. The summed E-state index contributed by atoms with van der Waals surface area (Å²) in [6.45, 7) is 1.92. The Morgan fingerprint density at radius 1 is 1.23 bits per heavy atom. The van der Waals surface area contributed by atoms with E-state index < -0.39 is 0 Å². The fraction of sp³-hybridized carbons (Fsp3) is 0.500. The van der Waals surface area contributed by atoms with Crippen molar-refractivity contribution in [3.63, 3.8) is 0 Å². The molecule has 122 valence electrons. The minimum absolute atomic E-state index is 0.0607. The summed E-state index contributed by atoms with van der Waals surface area (Å²) < 4.78 is 5.14. The number of nitrogens with two attached hydrogens (primary N) is 1. The van der Waals surface area contributed by atoms with Crippen molar-refractivity contribution in [2.24, 2.45) is 5.73 Å². The van der Waals surface area contributed by atoms with Crippen LogP contribution in [0.25, 0.3) is 0 Å². The number of rotatable bonds is 9. The van der Waals surface area contributed by atoms with Crippen LogP contribution < -0.4 is 21.1 Å². The Bertz CT molecular complexity index is 474. The van der Waals surface area contributed by atoms with Gasteiger partial charge in [0.2, 0.25) is 11.8 Å². The predicted octanol–water partition coefficient (Wildman–Crippen LogP) is 1.12. The minimum Gasteiger partial charge on any atom is -0.497 e. The van der Waals surface area contributed by atoms with Crippen molar-refractivity contribution < 1.29 is 14.3 Å².